The highest BCUT2D eigenvalue weighted by Crippen LogP contribution is 2.52. The lowest BCUT2D eigenvalue weighted by Gasteiger charge is -2.34. The Balaban J connectivity index is 1.81. The predicted molar refractivity (Wildman–Crippen MR) is 58.2 cm³/mol. The highest BCUT2D eigenvalue weighted by atomic mass is 16.5. The van der Waals surface area contributed by atoms with Crippen LogP contribution in [0.5, 0.6) is 0 Å². The van der Waals surface area contributed by atoms with Gasteiger partial charge in [-0.15, -0.1) is 0 Å². The van der Waals surface area contributed by atoms with Gasteiger partial charge >= 0.3 is 0 Å². The van der Waals surface area contributed by atoms with Crippen LogP contribution in [0.2, 0.25) is 0 Å². The van der Waals surface area contributed by atoms with E-state index in [-0.39, 0.29) is 6.10 Å². The molecule has 3 aliphatic rings. The standard InChI is InChI=1S/C13H18O2/c14-13-8-3-4-10(13)6-7-11(13)12-5-1-2-9-15-12/h1-2,5,9-12,14H,3-4,6-8H2. The highest BCUT2D eigenvalue weighted by molar-refractivity contribution is 5.14. The van der Waals surface area contributed by atoms with Crippen molar-refractivity contribution in [3.63, 3.8) is 0 Å². The van der Waals surface area contributed by atoms with E-state index in [9.17, 15) is 5.11 Å². The van der Waals surface area contributed by atoms with Gasteiger partial charge in [0, 0.05) is 5.92 Å². The first-order valence-corrected chi connectivity index (χ1v) is 6.02. The number of aliphatic hydroxyl groups is 1. The van der Waals surface area contributed by atoms with Crippen molar-refractivity contribution in [2.45, 2.75) is 43.8 Å². The van der Waals surface area contributed by atoms with Gasteiger partial charge in [0.05, 0.1) is 11.9 Å². The first-order valence-electron chi connectivity index (χ1n) is 6.02. The summed E-state index contributed by atoms with van der Waals surface area (Å²) in [7, 11) is 0. The molecule has 0 spiro atoms. The molecule has 1 N–H and O–H groups in total. The summed E-state index contributed by atoms with van der Waals surface area (Å²) in [4.78, 5) is 0. The number of ether oxygens (including phenoxy) is 1. The van der Waals surface area contributed by atoms with Crippen LogP contribution in [0.4, 0.5) is 0 Å². The van der Waals surface area contributed by atoms with Crippen LogP contribution in [0, 0.1) is 11.8 Å². The zero-order valence-corrected chi connectivity index (χ0v) is 8.93. The summed E-state index contributed by atoms with van der Waals surface area (Å²) >= 11 is 0. The third-order valence-electron chi connectivity index (χ3n) is 4.43. The topological polar surface area (TPSA) is 29.5 Å². The summed E-state index contributed by atoms with van der Waals surface area (Å²) in [5, 5.41) is 10.7. The first kappa shape index (κ1) is 9.46. The molecule has 3 rings (SSSR count). The van der Waals surface area contributed by atoms with Crippen molar-refractivity contribution in [3.8, 4) is 0 Å². The monoisotopic (exact) mass is 206 g/mol. The second kappa shape index (κ2) is 3.38. The zero-order valence-electron chi connectivity index (χ0n) is 8.93. The average Bonchev–Trinajstić information content (AvgIpc) is 2.75. The molecule has 2 aliphatic carbocycles. The van der Waals surface area contributed by atoms with E-state index in [4.69, 9.17) is 4.74 Å². The molecule has 0 radical (unpaired) electrons. The molecule has 2 fully saturated rings. The molecule has 1 aliphatic heterocycles. The van der Waals surface area contributed by atoms with Crippen molar-refractivity contribution in [2.24, 2.45) is 11.8 Å². The van der Waals surface area contributed by atoms with E-state index in [2.05, 4.69) is 6.08 Å². The Morgan fingerprint density at radius 1 is 1.20 bits per heavy atom. The fourth-order valence-electron chi connectivity index (χ4n) is 3.68. The van der Waals surface area contributed by atoms with Gasteiger partial charge in [-0.3, -0.25) is 0 Å². The fourth-order valence-corrected chi connectivity index (χ4v) is 3.68. The van der Waals surface area contributed by atoms with Crippen LogP contribution in [0.1, 0.15) is 32.1 Å². The summed E-state index contributed by atoms with van der Waals surface area (Å²) in [5.74, 6) is 0.844. The number of allylic oxidation sites excluding steroid dienone is 2. The minimum absolute atomic E-state index is 0.100. The van der Waals surface area contributed by atoms with E-state index in [0.29, 0.717) is 11.8 Å². The van der Waals surface area contributed by atoms with E-state index in [1.807, 2.05) is 12.2 Å². The van der Waals surface area contributed by atoms with Gasteiger partial charge in [0.15, 0.2) is 0 Å². The van der Waals surface area contributed by atoms with Crippen LogP contribution in [0.15, 0.2) is 24.5 Å². The normalized spacial score (nSPS) is 47.9. The summed E-state index contributed by atoms with van der Waals surface area (Å²) in [5.41, 5.74) is -0.430. The minimum atomic E-state index is -0.430. The van der Waals surface area contributed by atoms with Gasteiger partial charge in [-0.25, -0.2) is 0 Å². The third-order valence-corrected chi connectivity index (χ3v) is 4.43. The molecule has 0 aromatic carbocycles. The predicted octanol–water partition coefficient (Wildman–Crippen LogP) is 2.40. The quantitative estimate of drug-likeness (QED) is 0.714. The highest BCUT2D eigenvalue weighted by Gasteiger charge is 2.54. The maximum Gasteiger partial charge on any atom is 0.122 e. The third kappa shape index (κ3) is 1.35. The zero-order chi connectivity index (χ0) is 10.3. The minimum Gasteiger partial charge on any atom is -0.494 e. The molecule has 4 atom stereocenters. The molecule has 1 heterocycles. The first-order chi connectivity index (χ1) is 7.31. The molecule has 0 amide bonds. The van der Waals surface area contributed by atoms with Crippen molar-refractivity contribution in [1.82, 2.24) is 0 Å². The number of hydrogen-bond donors (Lipinski definition) is 1. The number of fused-ring (bicyclic) bond motifs is 1. The molecular formula is C13H18O2. The molecule has 4 unspecified atom stereocenters. The van der Waals surface area contributed by atoms with Gasteiger partial charge in [-0.05, 0) is 43.8 Å². The van der Waals surface area contributed by atoms with E-state index in [1.165, 1.54) is 19.3 Å². The second-order valence-corrected chi connectivity index (χ2v) is 5.08. The Kier molecular flexibility index (Phi) is 2.13. The van der Waals surface area contributed by atoms with Gasteiger partial charge in [0.25, 0.3) is 0 Å². The largest absolute Gasteiger partial charge is 0.494 e. The molecule has 2 heteroatoms. The molecule has 0 bridgehead atoms. The van der Waals surface area contributed by atoms with Crippen LogP contribution in [0.3, 0.4) is 0 Å². The van der Waals surface area contributed by atoms with E-state index in [0.717, 1.165) is 12.8 Å². The van der Waals surface area contributed by atoms with Crippen molar-refractivity contribution in [1.29, 1.82) is 0 Å². The molecule has 0 aromatic heterocycles. The van der Waals surface area contributed by atoms with Crippen LogP contribution in [-0.4, -0.2) is 16.8 Å². The van der Waals surface area contributed by atoms with E-state index in [1.54, 1.807) is 6.26 Å². The Morgan fingerprint density at radius 2 is 2.13 bits per heavy atom. The molecule has 2 saturated carbocycles. The maximum absolute atomic E-state index is 10.7. The van der Waals surface area contributed by atoms with E-state index < -0.39 is 5.60 Å². The fraction of sp³-hybridized carbons (Fsp3) is 0.692. The molecular weight excluding hydrogens is 188 g/mol. The Bertz CT molecular complexity index is 308. The van der Waals surface area contributed by atoms with E-state index >= 15 is 0 Å². The molecule has 15 heavy (non-hydrogen) atoms. The SMILES string of the molecule is OC12CCCC1CCC2C1C=CC=CO1. The van der Waals surface area contributed by atoms with Crippen molar-refractivity contribution in [3.05, 3.63) is 24.5 Å². The van der Waals surface area contributed by atoms with Gasteiger partial charge in [-0.2, -0.15) is 0 Å². The summed E-state index contributed by atoms with van der Waals surface area (Å²) in [6, 6.07) is 0. The Labute approximate surface area is 90.6 Å². The lowest BCUT2D eigenvalue weighted by atomic mass is 9.82. The molecule has 0 aromatic rings. The van der Waals surface area contributed by atoms with Gasteiger partial charge in [0.1, 0.15) is 6.10 Å². The summed E-state index contributed by atoms with van der Waals surface area (Å²) in [6.45, 7) is 0. The maximum atomic E-state index is 10.7. The smallest absolute Gasteiger partial charge is 0.122 e. The van der Waals surface area contributed by atoms with Gasteiger partial charge in [0.2, 0.25) is 0 Å². The average molecular weight is 206 g/mol. The molecule has 82 valence electrons. The molecule has 0 saturated heterocycles. The Morgan fingerprint density at radius 3 is 2.93 bits per heavy atom. The van der Waals surface area contributed by atoms with Crippen LogP contribution in [-0.2, 0) is 4.74 Å². The lowest BCUT2D eigenvalue weighted by Crippen LogP contribution is -2.41. The van der Waals surface area contributed by atoms with Crippen molar-refractivity contribution >= 4 is 0 Å². The second-order valence-electron chi connectivity index (χ2n) is 5.08. The summed E-state index contributed by atoms with van der Waals surface area (Å²) in [6.07, 6.45) is 13.5. The molecule has 2 nitrogen and oxygen atoms in total. The van der Waals surface area contributed by atoms with Gasteiger partial charge < -0.3 is 9.84 Å². The van der Waals surface area contributed by atoms with Crippen LogP contribution >= 0.6 is 0 Å². The van der Waals surface area contributed by atoms with Crippen molar-refractivity contribution < 1.29 is 9.84 Å². The van der Waals surface area contributed by atoms with Gasteiger partial charge in [-0.1, -0.05) is 12.5 Å². The lowest BCUT2D eigenvalue weighted by molar-refractivity contribution is -0.0567. The Hall–Kier alpha value is -0.760. The van der Waals surface area contributed by atoms with Crippen molar-refractivity contribution in [2.75, 3.05) is 0 Å². The van der Waals surface area contributed by atoms with Crippen LogP contribution in [0.25, 0.3) is 0 Å². The number of rotatable bonds is 1. The van der Waals surface area contributed by atoms with Crippen LogP contribution < -0.4 is 0 Å². The summed E-state index contributed by atoms with van der Waals surface area (Å²) < 4.78 is 5.61. The number of hydrogen-bond acceptors (Lipinski definition) is 2.